The molecule has 0 saturated heterocycles. The number of halogens is 2. The lowest BCUT2D eigenvalue weighted by molar-refractivity contribution is 0.185. The number of nitrogens with zero attached hydrogens (tertiary/aromatic N) is 1. The summed E-state index contributed by atoms with van der Waals surface area (Å²) in [4.78, 5) is 2.43. The quantitative estimate of drug-likeness (QED) is 0.855. The van der Waals surface area contributed by atoms with Crippen LogP contribution in [-0.4, -0.2) is 25.7 Å². The van der Waals surface area contributed by atoms with Crippen LogP contribution >= 0.6 is 0 Å². The fraction of sp³-hybridized carbons (Fsp3) is 0.474. The number of hydrogen-bond donors (Lipinski definition) is 2. The van der Waals surface area contributed by atoms with E-state index in [1.54, 1.807) is 6.08 Å². The summed E-state index contributed by atoms with van der Waals surface area (Å²) in [5.74, 6) is 1.22. The smallest absolute Gasteiger partial charge is 0.261 e. The summed E-state index contributed by atoms with van der Waals surface area (Å²) in [5.41, 5.74) is 2.38. The van der Waals surface area contributed by atoms with E-state index >= 15 is 0 Å². The highest BCUT2D eigenvalue weighted by Gasteiger charge is 2.27. The molecule has 2 aliphatic heterocycles. The van der Waals surface area contributed by atoms with Crippen molar-refractivity contribution in [1.29, 1.82) is 0 Å². The minimum absolute atomic E-state index is 0.0778. The SMILES string of the molecule is FC(F)C1=CC=C(Oc2ccc3c(c2)N(C2CCCCC2)CN3)NC1. The summed E-state index contributed by atoms with van der Waals surface area (Å²) < 4.78 is 31.2. The summed E-state index contributed by atoms with van der Waals surface area (Å²) >= 11 is 0. The minimum atomic E-state index is -2.43. The Morgan fingerprint density at radius 3 is 2.64 bits per heavy atom. The van der Waals surface area contributed by atoms with E-state index in [1.807, 2.05) is 18.2 Å². The Kier molecular flexibility index (Phi) is 4.51. The Morgan fingerprint density at radius 1 is 1.08 bits per heavy atom. The maximum atomic E-state index is 12.7. The Balaban J connectivity index is 1.49. The average molecular weight is 347 g/mol. The molecular weight excluding hydrogens is 324 g/mol. The number of hydrogen-bond acceptors (Lipinski definition) is 4. The van der Waals surface area contributed by atoms with Gasteiger partial charge >= 0.3 is 0 Å². The van der Waals surface area contributed by atoms with Crippen molar-refractivity contribution in [3.05, 3.63) is 41.8 Å². The zero-order valence-corrected chi connectivity index (χ0v) is 14.1. The van der Waals surface area contributed by atoms with Crippen molar-refractivity contribution in [1.82, 2.24) is 5.32 Å². The topological polar surface area (TPSA) is 36.5 Å². The number of alkyl halides is 2. The molecule has 134 valence electrons. The largest absolute Gasteiger partial charge is 0.441 e. The number of anilines is 2. The number of rotatable bonds is 4. The Bertz CT molecular complexity index is 696. The van der Waals surface area contributed by atoms with Gasteiger partial charge in [0, 0.05) is 24.2 Å². The summed E-state index contributed by atoms with van der Waals surface area (Å²) in [6.45, 7) is 0.953. The molecule has 0 unspecified atom stereocenters. The maximum absolute atomic E-state index is 12.7. The van der Waals surface area contributed by atoms with Gasteiger partial charge in [0.25, 0.3) is 6.43 Å². The van der Waals surface area contributed by atoms with Crippen LogP contribution in [0.3, 0.4) is 0 Å². The first kappa shape index (κ1) is 16.2. The Hall–Kier alpha value is -2.24. The molecule has 1 fully saturated rings. The summed E-state index contributed by atoms with van der Waals surface area (Å²) in [6, 6.07) is 6.56. The van der Waals surface area contributed by atoms with Crippen molar-refractivity contribution in [2.24, 2.45) is 0 Å². The number of fused-ring (bicyclic) bond motifs is 1. The van der Waals surface area contributed by atoms with Gasteiger partial charge in [-0.3, -0.25) is 0 Å². The molecule has 0 spiro atoms. The molecule has 1 saturated carbocycles. The molecule has 0 amide bonds. The van der Waals surface area contributed by atoms with Gasteiger partial charge in [0.15, 0.2) is 5.88 Å². The van der Waals surface area contributed by atoms with Crippen LogP contribution in [0.25, 0.3) is 0 Å². The Morgan fingerprint density at radius 2 is 1.92 bits per heavy atom. The van der Waals surface area contributed by atoms with Crippen LogP contribution in [0.5, 0.6) is 5.75 Å². The first-order valence-electron chi connectivity index (χ1n) is 8.96. The second-order valence-electron chi connectivity index (χ2n) is 6.80. The third-order valence-electron chi connectivity index (χ3n) is 5.16. The van der Waals surface area contributed by atoms with Gasteiger partial charge in [-0.2, -0.15) is 0 Å². The van der Waals surface area contributed by atoms with E-state index in [4.69, 9.17) is 4.74 Å². The number of benzene rings is 1. The first-order valence-corrected chi connectivity index (χ1v) is 8.96. The van der Waals surface area contributed by atoms with Gasteiger partial charge < -0.3 is 20.3 Å². The molecule has 6 heteroatoms. The lowest BCUT2D eigenvalue weighted by atomic mass is 9.94. The predicted molar refractivity (Wildman–Crippen MR) is 95.1 cm³/mol. The number of dihydropyridines is 1. The maximum Gasteiger partial charge on any atom is 0.261 e. The normalized spacial score (nSPS) is 20.5. The van der Waals surface area contributed by atoms with Crippen molar-refractivity contribution >= 4 is 11.4 Å². The fourth-order valence-corrected chi connectivity index (χ4v) is 3.77. The molecule has 25 heavy (non-hydrogen) atoms. The van der Waals surface area contributed by atoms with Gasteiger partial charge in [0.05, 0.1) is 18.0 Å². The molecule has 0 bridgehead atoms. The molecular formula is C19H23F2N3O. The van der Waals surface area contributed by atoms with E-state index in [2.05, 4.69) is 15.5 Å². The lowest BCUT2D eigenvalue weighted by Crippen LogP contribution is -2.36. The second kappa shape index (κ2) is 6.94. The van der Waals surface area contributed by atoms with Gasteiger partial charge in [-0.15, -0.1) is 0 Å². The van der Waals surface area contributed by atoms with Crippen molar-refractivity contribution in [3.8, 4) is 5.75 Å². The summed E-state index contributed by atoms with van der Waals surface area (Å²) in [7, 11) is 0. The third kappa shape index (κ3) is 3.43. The van der Waals surface area contributed by atoms with E-state index in [0.717, 1.165) is 18.1 Å². The zero-order chi connectivity index (χ0) is 17.2. The van der Waals surface area contributed by atoms with E-state index in [1.165, 1.54) is 43.9 Å². The Labute approximate surface area is 146 Å². The van der Waals surface area contributed by atoms with Gasteiger partial charge in [-0.25, -0.2) is 8.78 Å². The highest BCUT2D eigenvalue weighted by Crippen LogP contribution is 2.39. The third-order valence-corrected chi connectivity index (χ3v) is 5.16. The molecule has 0 radical (unpaired) electrons. The van der Waals surface area contributed by atoms with E-state index in [0.29, 0.717) is 11.9 Å². The average Bonchev–Trinajstić information content (AvgIpc) is 3.06. The van der Waals surface area contributed by atoms with Crippen LogP contribution in [0.2, 0.25) is 0 Å². The summed E-state index contributed by atoms with van der Waals surface area (Å²) in [6.07, 6.45) is 6.96. The minimum Gasteiger partial charge on any atom is -0.441 e. The molecule has 2 heterocycles. The zero-order valence-electron chi connectivity index (χ0n) is 14.1. The summed E-state index contributed by atoms with van der Waals surface area (Å²) in [5, 5.41) is 6.35. The second-order valence-corrected chi connectivity index (χ2v) is 6.80. The number of allylic oxidation sites excluding steroid dienone is 2. The predicted octanol–water partition coefficient (Wildman–Crippen LogP) is 4.22. The monoisotopic (exact) mass is 347 g/mol. The van der Waals surface area contributed by atoms with E-state index < -0.39 is 6.43 Å². The number of ether oxygens (including phenoxy) is 1. The number of nitrogens with one attached hydrogen (secondary N) is 2. The molecule has 4 nitrogen and oxygen atoms in total. The molecule has 1 aromatic rings. The van der Waals surface area contributed by atoms with Crippen molar-refractivity contribution < 1.29 is 13.5 Å². The molecule has 2 N–H and O–H groups in total. The molecule has 0 atom stereocenters. The molecule has 0 aromatic heterocycles. The highest BCUT2D eigenvalue weighted by molar-refractivity contribution is 5.76. The molecule has 1 aliphatic carbocycles. The van der Waals surface area contributed by atoms with Crippen LogP contribution in [0.1, 0.15) is 32.1 Å². The van der Waals surface area contributed by atoms with Gasteiger partial charge in [-0.1, -0.05) is 25.3 Å². The molecule has 1 aromatic carbocycles. The molecule has 4 rings (SSSR count). The fourth-order valence-electron chi connectivity index (χ4n) is 3.77. The van der Waals surface area contributed by atoms with Gasteiger partial charge in [0.2, 0.25) is 0 Å². The van der Waals surface area contributed by atoms with E-state index in [9.17, 15) is 8.78 Å². The van der Waals surface area contributed by atoms with Crippen LogP contribution in [0.15, 0.2) is 41.8 Å². The van der Waals surface area contributed by atoms with Crippen molar-refractivity contribution in [2.45, 2.75) is 44.6 Å². The first-order chi connectivity index (χ1) is 12.2. The van der Waals surface area contributed by atoms with Crippen LogP contribution in [0.4, 0.5) is 20.2 Å². The molecule has 3 aliphatic rings. The van der Waals surface area contributed by atoms with E-state index in [-0.39, 0.29) is 12.1 Å². The lowest BCUT2D eigenvalue weighted by Gasteiger charge is -2.32. The highest BCUT2D eigenvalue weighted by atomic mass is 19.3. The van der Waals surface area contributed by atoms with Crippen molar-refractivity contribution in [3.63, 3.8) is 0 Å². The van der Waals surface area contributed by atoms with Gasteiger partial charge in [0.1, 0.15) is 5.75 Å². The van der Waals surface area contributed by atoms with Crippen LogP contribution < -0.4 is 20.3 Å². The van der Waals surface area contributed by atoms with Gasteiger partial charge in [-0.05, 0) is 31.1 Å². The van der Waals surface area contributed by atoms with Crippen LogP contribution in [0, 0.1) is 0 Å². The standard InChI is InChI=1S/C19H23F2N3O/c20-19(21)13-6-9-18(22-11-13)25-15-7-8-16-17(10-15)24(12-23-16)14-4-2-1-3-5-14/h6-10,14,19,22-23H,1-5,11-12H2. The van der Waals surface area contributed by atoms with Crippen LogP contribution in [-0.2, 0) is 0 Å². The van der Waals surface area contributed by atoms with Crippen molar-refractivity contribution in [2.75, 3.05) is 23.4 Å².